The maximum Gasteiger partial charge on any atom is 0.272 e. The molecule has 2 atom stereocenters. The largest absolute Gasteiger partial charge is 0.379 e. The summed E-state index contributed by atoms with van der Waals surface area (Å²) in [4.78, 5) is 23.7. The third kappa shape index (κ3) is 5.31. The summed E-state index contributed by atoms with van der Waals surface area (Å²) >= 11 is 0. The second-order valence-corrected chi connectivity index (χ2v) is 8.58. The van der Waals surface area contributed by atoms with E-state index >= 15 is 0 Å². The fourth-order valence-electron chi connectivity index (χ4n) is 4.56. The van der Waals surface area contributed by atoms with Crippen LogP contribution in [0.25, 0.3) is 0 Å². The van der Waals surface area contributed by atoms with Crippen molar-refractivity contribution in [3.05, 3.63) is 58.9 Å². The van der Waals surface area contributed by atoms with Crippen molar-refractivity contribution in [2.24, 2.45) is 0 Å². The van der Waals surface area contributed by atoms with E-state index in [9.17, 15) is 9.18 Å². The molecule has 8 heteroatoms. The highest BCUT2D eigenvalue weighted by atomic mass is 19.1. The standard InChI is InChI=1S/C24H31FN4O3/c1-16-21(13-17-4-3-5-18(25)12-17)26-15-27-23(16)24(30)29-9-6-19(7-10-29)28-20-8-11-32-14-22(20)31-2/h3-5,12,15,19-20,22,28H,6-11,13-14H2,1-2H3. The number of rotatable bonds is 6. The molecule has 0 radical (unpaired) electrons. The summed E-state index contributed by atoms with van der Waals surface area (Å²) in [6.07, 6.45) is 4.68. The third-order valence-corrected chi connectivity index (χ3v) is 6.49. The Morgan fingerprint density at radius 3 is 2.84 bits per heavy atom. The Balaban J connectivity index is 1.37. The molecule has 1 amide bonds. The highest BCUT2D eigenvalue weighted by Crippen LogP contribution is 2.20. The van der Waals surface area contributed by atoms with Crippen LogP contribution in [0.15, 0.2) is 30.6 Å². The van der Waals surface area contributed by atoms with Gasteiger partial charge in [-0.1, -0.05) is 12.1 Å². The molecule has 32 heavy (non-hydrogen) atoms. The average molecular weight is 443 g/mol. The second-order valence-electron chi connectivity index (χ2n) is 8.58. The quantitative estimate of drug-likeness (QED) is 0.741. The molecule has 2 unspecified atom stereocenters. The molecular weight excluding hydrogens is 411 g/mol. The van der Waals surface area contributed by atoms with Crippen molar-refractivity contribution < 1.29 is 18.7 Å². The van der Waals surface area contributed by atoms with Crippen LogP contribution in [-0.2, 0) is 15.9 Å². The highest BCUT2D eigenvalue weighted by molar-refractivity contribution is 5.93. The predicted molar refractivity (Wildman–Crippen MR) is 118 cm³/mol. The summed E-state index contributed by atoms with van der Waals surface area (Å²) < 4.78 is 24.6. The van der Waals surface area contributed by atoms with Crippen LogP contribution in [0.5, 0.6) is 0 Å². The van der Waals surface area contributed by atoms with Crippen LogP contribution in [0.3, 0.4) is 0 Å². The van der Waals surface area contributed by atoms with E-state index in [1.54, 1.807) is 13.2 Å². The lowest BCUT2D eigenvalue weighted by Crippen LogP contribution is -2.54. The van der Waals surface area contributed by atoms with Gasteiger partial charge >= 0.3 is 0 Å². The number of hydrogen-bond donors (Lipinski definition) is 1. The van der Waals surface area contributed by atoms with Gasteiger partial charge in [0.1, 0.15) is 17.8 Å². The molecule has 2 aliphatic rings. The van der Waals surface area contributed by atoms with E-state index in [0.717, 1.165) is 42.7 Å². The minimum Gasteiger partial charge on any atom is -0.379 e. The Morgan fingerprint density at radius 2 is 2.09 bits per heavy atom. The molecule has 2 aromatic rings. The van der Waals surface area contributed by atoms with Gasteiger partial charge in [0.2, 0.25) is 0 Å². The number of carbonyl (C=O) groups is 1. The van der Waals surface area contributed by atoms with Crippen LogP contribution < -0.4 is 5.32 Å². The molecule has 1 aromatic heterocycles. The van der Waals surface area contributed by atoms with Gasteiger partial charge in [-0.05, 0) is 43.9 Å². The zero-order chi connectivity index (χ0) is 22.5. The van der Waals surface area contributed by atoms with E-state index in [-0.39, 0.29) is 23.9 Å². The monoisotopic (exact) mass is 442 g/mol. The summed E-state index contributed by atoms with van der Waals surface area (Å²) in [7, 11) is 1.72. The van der Waals surface area contributed by atoms with Crippen LogP contribution in [0.2, 0.25) is 0 Å². The molecule has 2 fully saturated rings. The Morgan fingerprint density at radius 1 is 1.28 bits per heavy atom. The normalized spacial score (nSPS) is 22.2. The molecule has 3 heterocycles. The fraction of sp³-hybridized carbons (Fsp3) is 0.542. The summed E-state index contributed by atoms with van der Waals surface area (Å²) in [5, 5.41) is 3.71. The molecule has 1 aromatic carbocycles. The average Bonchev–Trinajstić information content (AvgIpc) is 2.81. The number of carbonyl (C=O) groups excluding carboxylic acids is 1. The van der Waals surface area contributed by atoms with E-state index in [0.29, 0.717) is 37.9 Å². The minimum atomic E-state index is -0.278. The fourth-order valence-corrected chi connectivity index (χ4v) is 4.56. The van der Waals surface area contributed by atoms with E-state index < -0.39 is 0 Å². The van der Waals surface area contributed by atoms with Crippen LogP contribution in [-0.4, -0.2) is 72.4 Å². The predicted octanol–water partition coefficient (Wildman–Crippen LogP) is 2.51. The Hall–Kier alpha value is -2.42. The molecule has 2 saturated heterocycles. The summed E-state index contributed by atoms with van der Waals surface area (Å²) in [6.45, 7) is 4.60. The van der Waals surface area contributed by atoms with Gasteiger partial charge in [0, 0.05) is 50.9 Å². The first-order valence-electron chi connectivity index (χ1n) is 11.3. The van der Waals surface area contributed by atoms with Crippen LogP contribution in [0, 0.1) is 12.7 Å². The second kappa shape index (κ2) is 10.5. The van der Waals surface area contributed by atoms with Crippen molar-refractivity contribution in [2.75, 3.05) is 33.4 Å². The first kappa shape index (κ1) is 22.8. The van der Waals surface area contributed by atoms with E-state index in [1.807, 2.05) is 17.9 Å². The number of aromatic nitrogens is 2. The van der Waals surface area contributed by atoms with Gasteiger partial charge in [0.05, 0.1) is 18.4 Å². The zero-order valence-electron chi connectivity index (χ0n) is 18.7. The van der Waals surface area contributed by atoms with Gasteiger partial charge in [-0.25, -0.2) is 14.4 Å². The first-order chi connectivity index (χ1) is 15.5. The smallest absolute Gasteiger partial charge is 0.272 e. The van der Waals surface area contributed by atoms with Crippen LogP contribution in [0.4, 0.5) is 4.39 Å². The zero-order valence-corrected chi connectivity index (χ0v) is 18.7. The van der Waals surface area contributed by atoms with Crippen molar-refractivity contribution >= 4 is 5.91 Å². The molecule has 4 rings (SSSR count). The number of likely N-dealkylation sites (tertiary alicyclic amines) is 1. The van der Waals surface area contributed by atoms with Crippen LogP contribution >= 0.6 is 0 Å². The van der Waals surface area contributed by atoms with Crippen molar-refractivity contribution in [3.63, 3.8) is 0 Å². The van der Waals surface area contributed by atoms with Gasteiger partial charge in [-0.3, -0.25) is 4.79 Å². The lowest BCUT2D eigenvalue weighted by Gasteiger charge is -2.38. The van der Waals surface area contributed by atoms with E-state index in [2.05, 4.69) is 15.3 Å². The lowest BCUT2D eigenvalue weighted by atomic mass is 9.99. The summed E-state index contributed by atoms with van der Waals surface area (Å²) in [5.74, 6) is -0.343. The van der Waals surface area contributed by atoms with Crippen molar-refractivity contribution in [2.45, 2.75) is 50.8 Å². The Labute approximate surface area is 188 Å². The van der Waals surface area contributed by atoms with E-state index in [4.69, 9.17) is 9.47 Å². The maximum absolute atomic E-state index is 13.5. The SMILES string of the molecule is COC1COCCC1NC1CCN(C(=O)c2ncnc(Cc3cccc(F)c3)c2C)CC1. The maximum atomic E-state index is 13.5. The van der Waals surface area contributed by atoms with Gasteiger partial charge in [0.25, 0.3) is 5.91 Å². The van der Waals surface area contributed by atoms with Crippen molar-refractivity contribution in [1.29, 1.82) is 0 Å². The minimum absolute atomic E-state index is 0.0651. The number of amides is 1. The Bertz CT molecular complexity index is 933. The molecule has 7 nitrogen and oxygen atoms in total. The molecular formula is C24H31FN4O3. The first-order valence-corrected chi connectivity index (χ1v) is 11.3. The van der Waals surface area contributed by atoms with Crippen molar-refractivity contribution in [1.82, 2.24) is 20.2 Å². The number of piperidine rings is 1. The lowest BCUT2D eigenvalue weighted by molar-refractivity contribution is -0.0533. The molecule has 2 aliphatic heterocycles. The topological polar surface area (TPSA) is 76.6 Å². The molecule has 1 N–H and O–H groups in total. The molecule has 0 aliphatic carbocycles. The number of benzene rings is 1. The number of nitrogens with one attached hydrogen (secondary N) is 1. The molecule has 0 spiro atoms. The van der Waals surface area contributed by atoms with Crippen molar-refractivity contribution in [3.8, 4) is 0 Å². The molecule has 172 valence electrons. The van der Waals surface area contributed by atoms with E-state index in [1.165, 1.54) is 18.5 Å². The Kier molecular flexibility index (Phi) is 7.44. The van der Waals surface area contributed by atoms with Gasteiger partial charge < -0.3 is 19.7 Å². The van der Waals surface area contributed by atoms with Gasteiger partial charge in [0.15, 0.2) is 0 Å². The van der Waals surface area contributed by atoms with Gasteiger partial charge in [-0.2, -0.15) is 0 Å². The number of ether oxygens (including phenoxy) is 2. The summed E-state index contributed by atoms with van der Waals surface area (Å²) in [6, 6.07) is 7.09. The van der Waals surface area contributed by atoms with Gasteiger partial charge in [-0.15, -0.1) is 0 Å². The third-order valence-electron chi connectivity index (χ3n) is 6.49. The number of hydrogen-bond acceptors (Lipinski definition) is 6. The number of halogens is 1. The van der Waals surface area contributed by atoms with Crippen LogP contribution in [0.1, 0.15) is 46.6 Å². The molecule has 0 bridgehead atoms. The summed E-state index contributed by atoms with van der Waals surface area (Å²) in [5.41, 5.74) is 2.75. The number of methoxy groups -OCH3 is 1. The highest BCUT2D eigenvalue weighted by Gasteiger charge is 2.31. The molecule has 0 saturated carbocycles. The number of nitrogens with zero attached hydrogens (tertiary/aromatic N) is 3.